The summed E-state index contributed by atoms with van der Waals surface area (Å²) in [4.78, 5) is 37.6. The molecule has 7 heteroatoms. The zero-order valence-electron chi connectivity index (χ0n) is 16.6. The van der Waals surface area contributed by atoms with Gasteiger partial charge in [-0.3, -0.25) is 19.5 Å². The van der Waals surface area contributed by atoms with Crippen LogP contribution in [0.1, 0.15) is 29.8 Å². The molecule has 7 nitrogen and oxygen atoms in total. The zero-order valence-corrected chi connectivity index (χ0v) is 16.6. The minimum atomic E-state index is -0.167. The van der Waals surface area contributed by atoms with Crippen LogP contribution >= 0.6 is 0 Å². The summed E-state index contributed by atoms with van der Waals surface area (Å²) in [6, 6.07) is 9.20. The van der Waals surface area contributed by atoms with Crippen molar-refractivity contribution in [3.8, 4) is 11.3 Å². The first-order valence-corrected chi connectivity index (χ1v) is 10.4. The minimum absolute atomic E-state index is 0.167. The van der Waals surface area contributed by atoms with Crippen LogP contribution in [-0.2, 0) is 4.79 Å². The molecule has 1 saturated heterocycles. The van der Waals surface area contributed by atoms with E-state index in [4.69, 9.17) is 0 Å². The molecule has 2 aliphatic rings. The molecule has 2 aromatic heterocycles. The van der Waals surface area contributed by atoms with E-state index in [-0.39, 0.29) is 11.8 Å². The van der Waals surface area contributed by atoms with Crippen LogP contribution in [0.2, 0.25) is 0 Å². The standard InChI is InChI=1S/C22H27N5O2/c28-21(20-6-2-5-19(25-20)17-7-9-23-10-8-17)24-11-12-26-13-15-27(16-14-26)22(29)18-3-1-4-18/h2,5-10,18H,1,3-4,11-16H2,(H,24,28). The van der Waals surface area contributed by atoms with Gasteiger partial charge in [0.15, 0.2) is 0 Å². The average Bonchev–Trinajstić information content (AvgIpc) is 2.73. The summed E-state index contributed by atoms with van der Waals surface area (Å²) in [5.74, 6) is 0.445. The number of piperazine rings is 1. The first kappa shape index (κ1) is 19.5. The van der Waals surface area contributed by atoms with Crippen molar-refractivity contribution in [3.63, 3.8) is 0 Å². The van der Waals surface area contributed by atoms with E-state index in [2.05, 4.69) is 20.2 Å². The molecule has 0 unspecified atom stereocenters. The third-order valence-electron chi connectivity index (χ3n) is 5.81. The highest BCUT2D eigenvalue weighted by atomic mass is 16.2. The molecule has 1 N–H and O–H groups in total. The number of hydrogen-bond donors (Lipinski definition) is 1. The molecule has 2 fully saturated rings. The number of amides is 2. The van der Waals surface area contributed by atoms with Gasteiger partial charge in [-0.25, -0.2) is 4.98 Å². The highest BCUT2D eigenvalue weighted by Gasteiger charge is 2.31. The molecule has 0 bridgehead atoms. The number of carbonyl (C=O) groups is 2. The average molecular weight is 393 g/mol. The molecule has 1 saturated carbocycles. The number of carbonyl (C=O) groups excluding carboxylic acids is 2. The first-order chi connectivity index (χ1) is 14.2. The lowest BCUT2D eigenvalue weighted by atomic mass is 9.84. The maximum absolute atomic E-state index is 12.5. The third-order valence-corrected chi connectivity index (χ3v) is 5.81. The quantitative estimate of drug-likeness (QED) is 0.810. The lowest BCUT2D eigenvalue weighted by molar-refractivity contribution is -0.139. The van der Waals surface area contributed by atoms with E-state index in [0.717, 1.165) is 56.8 Å². The van der Waals surface area contributed by atoms with Crippen LogP contribution in [0.5, 0.6) is 0 Å². The van der Waals surface area contributed by atoms with Crippen LogP contribution in [0.3, 0.4) is 0 Å². The molecule has 29 heavy (non-hydrogen) atoms. The van der Waals surface area contributed by atoms with Gasteiger partial charge in [0.05, 0.1) is 5.69 Å². The Labute approximate surface area is 171 Å². The number of rotatable bonds is 6. The lowest BCUT2D eigenvalue weighted by Gasteiger charge is -2.38. The van der Waals surface area contributed by atoms with Gasteiger partial charge in [0.2, 0.25) is 5.91 Å². The highest BCUT2D eigenvalue weighted by Crippen LogP contribution is 2.28. The number of aromatic nitrogens is 2. The molecule has 152 valence electrons. The molecular formula is C22H27N5O2. The maximum atomic E-state index is 12.5. The molecule has 2 amide bonds. The Morgan fingerprint density at radius 1 is 1.03 bits per heavy atom. The largest absolute Gasteiger partial charge is 0.349 e. The Morgan fingerprint density at radius 3 is 2.48 bits per heavy atom. The summed E-state index contributed by atoms with van der Waals surface area (Å²) in [6.07, 6.45) is 6.73. The molecule has 4 rings (SSSR count). The van der Waals surface area contributed by atoms with Crippen molar-refractivity contribution in [1.82, 2.24) is 25.1 Å². The number of nitrogens with zero attached hydrogens (tertiary/aromatic N) is 4. The summed E-state index contributed by atoms with van der Waals surface area (Å²) in [5.41, 5.74) is 2.10. The second-order valence-electron chi connectivity index (χ2n) is 7.69. The summed E-state index contributed by atoms with van der Waals surface area (Å²) >= 11 is 0. The number of hydrogen-bond acceptors (Lipinski definition) is 5. The second-order valence-corrected chi connectivity index (χ2v) is 7.69. The summed E-state index contributed by atoms with van der Waals surface area (Å²) in [6.45, 7) is 4.66. The van der Waals surface area contributed by atoms with Crippen molar-refractivity contribution in [3.05, 3.63) is 48.4 Å². The molecule has 1 aliphatic carbocycles. The highest BCUT2D eigenvalue weighted by molar-refractivity contribution is 5.92. The predicted octanol–water partition coefficient (Wildman–Crippen LogP) is 1.82. The van der Waals surface area contributed by atoms with Crippen molar-refractivity contribution in [1.29, 1.82) is 0 Å². The fourth-order valence-corrected chi connectivity index (χ4v) is 3.77. The first-order valence-electron chi connectivity index (χ1n) is 10.4. The van der Waals surface area contributed by atoms with Gasteiger partial charge >= 0.3 is 0 Å². The van der Waals surface area contributed by atoms with Crippen LogP contribution in [0, 0.1) is 5.92 Å². The van der Waals surface area contributed by atoms with E-state index >= 15 is 0 Å². The molecule has 0 atom stereocenters. The molecule has 1 aliphatic heterocycles. The van der Waals surface area contributed by atoms with Crippen molar-refractivity contribution in [2.24, 2.45) is 5.92 Å². The molecule has 3 heterocycles. The normalized spacial score (nSPS) is 17.6. The van der Waals surface area contributed by atoms with Crippen LogP contribution in [0.25, 0.3) is 11.3 Å². The second kappa shape index (κ2) is 9.13. The van der Waals surface area contributed by atoms with Crippen molar-refractivity contribution >= 4 is 11.8 Å². The lowest BCUT2D eigenvalue weighted by Crippen LogP contribution is -2.52. The van der Waals surface area contributed by atoms with Gasteiger partial charge in [-0.2, -0.15) is 0 Å². The fourth-order valence-electron chi connectivity index (χ4n) is 3.77. The number of nitrogens with one attached hydrogen (secondary N) is 1. The third kappa shape index (κ3) is 4.79. The van der Waals surface area contributed by atoms with E-state index in [1.807, 2.05) is 29.2 Å². The van der Waals surface area contributed by atoms with E-state index in [9.17, 15) is 9.59 Å². The van der Waals surface area contributed by atoms with Crippen LogP contribution in [0.4, 0.5) is 0 Å². The fraction of sp³-hybridized carbons (Fsp3) is 0.455. The predicted molar refractivity (Wildman–Crippen MR) is 110 cm³/mol. The molecule has 0 radical (unpaired) electrons. The zero-order chi connectivity index (χ0) is 20.1. The Bertz CT molecular complexity index is 845. The van der Waals surface area contributed by atoms with Crippen molar-refractivity contribution in [2.45, 2.75) is 19.3 Å². The molecule has 2 aromatic rings. The Balaban J connectivity index is 1.22. The summed E-state index contributed by atoms with van der Waals surface area (Å²) in [7, 11) is 0. The molecule has 0 spiro atoms. The van der Waals surface area contributed by atoms with Gasteiger partial charge in [0, 0.05) is 63.1 Å². The molecular weight excluding hydrogens is 366 g/mol. The smallest absolute Gasteiger partial charge is 0.269 e. The molecule has 0 aromatic carbocycles. The monoisotopic (exact) mass is 393 g/mol. The van der Waals surface area contributed by atoms with E-state index in [0.29, 0.717) is 18.1 Å². The Morgan fingerprint density at radius 2 is 1.79 bits per heavy atom. The van der Waals surface area contributed by atoms with Crippen LogP contribution < -0.4 is 5.32 Å². The maximum Gasteiger partial charge on any atom is 0.269 e. The van der Waals surface area contributed by atoms with Gasteiger partial charge in [0.1, 0.15) is 5.69 Å². The topological polar surface area (TPSA) is 78.4 Å². The van der Waals surface area contributed by atoms with Gasteiger partial charge in [-0.05, 0) is 37.1 Å². The number of pyridine rings is 2. The van der Waals surface area contributed by atoms with Gasteiger partial charge in [0.25, 0.3) is 5.91 Å². The van der Waals surface area contributed by atoms with Gasteiger partial charge < -0.3 is 10.2 Å². The Kier molecular flexibility index (Phi) is 6.14. The van der Waals surface area contributed by atoms with E-state index in [1.165, 1.54) is 6.42 Å². The van der Waals surface area contributed by atoms with Crippen molar-refractivity contribution in [2.75, 3.05) is 39.3 Å². The summed E-state index contributed by atoms with van der Waals surface area (Å²) in [5, 5.41) is 2.96. The SMILES string of the molecule is O=C(NCCN1CCN(C(=O)C2CCC2)CC1)c1cccc(-c2ccncc2)n1. The van der Waals surface area contributed by atoms with E-state index in [1.54, 1.807) is 18.5 Å². The van der Waals surface area contributed by atoms with Crippen molar-refractivity contribution < 1.29 is 9.59 Å². The van der Waals surface area contributed by atoms with Crippen LogP contribution in [0.15, 0.2) is 42.7 Å². The van der Waals surface area contributed by atoms with E-state index < -0.39 is 0 Å². The van der Waals surface area contributed by atoms with Gasteiger partial charge in [-0.15, -0.1) is 0 Å². The minimum Gasteiger partial charge on any atom is -0.349 e. The Hall–Kier alpha value is -2.80. The van der Waals surface area contributed by atoms with Crippen LogP contribution in [-0.4, -0.2) is 70.9 Å². The van der Waals surface area contributed by atoms with Gasteiger partial charge in [-0.1, -0.05) is 12.5 Å². The summed E-state index contributed by atoms with van der Waals surface area (Å²) < 4.78 is 0.